The van der Waals surface area contributed by atoms with Crippen LogP contribution in [0, 0.1) is 0 Å². The first-order valence-electron chi connectivity index (χ1n) is 12.8. The molecule has 8 heteroatoms. The van der Waals surface area contributed by atoms with E-state index in [0.717, 1.165) is 89.5 Å². The van der Waals surface area contributed by atoms with E-state index in [9.17, 15) is 0 Å². The number of benzene rings is 1. The summed E-state index contributed by atoms with van der Waals surface area (Å²) < 4.78 is 0. The van der Waals surface area contributed by atoms with Crippen molar-refractivity contribution in [2.24, 2.45) is 0 Å². The maximum absolute atomic E-state index is 4.76. The van der Waals surface area contributed by atoms with Crippen LogP contribution in [-0.4, -0.2) is 63.0 Å². The Morgan fingerprint density at radius 1 is 0.892 bits per heavy atom. The minimum atomic E-state index is 0.799. The van der Waals surface area contributed by atoms with Crippen LogP contribution in [0.3, 0.4) is 0 Å². The first-order valence-corrected chi connectivity index (χ1v) is 12.8. The van der Waals surface area contributed by atoms with Gasteiger partial charge in [-0.25, -0.2) is 19.9 Å². The van der Waals surface area contributed by atoms with Crippen molar-refractivity contribution in [1.29, 1.82) is 0 Å². The predicted octanol–water partition coefficient (Wildman–Crippen LogP) is 4.94. The fraction of sp³-hybridized carbons (Fsp3) is 0.241. The van der Waals surface area contributed by atoms with Crippen molar-refractivity contribution in [2.75, 3.05) is 43.4 Å². The molecule has 0 spiro atoms. The second kappa shape index (κ2) is 8.97. The molecule has 1 saturated carbocycles. The van der Waals surface area contributed by atoms with Gasteiger partial charge >= 0.3 is 0 Å². The Bertz CT molecular complexity index is 1640. The first kappa shape index (κ1) is 21.9. The summed E-state index contributed by atoms with van der Waals surface area (Å²) >= 11 is 0. The van der Waals surface area contributed by atoms with Gasteiger partial charge in [0.05, 0.1) is 11.9 Å². The molecule has 1 aliphatic heterocycles. The third kappa shape index (κ3) is 4.40. The van der Waals surface area contributed by atoms with Crippen LogP contribution in [0.5, 0.6) is 0 Å². The molecule has 1 aliphatic carbocycles. The maximum Gasteiger partial charge on any atom is 0.156 e. The molecule has 4 aromatic heterocycles. The highest BCUT2D eigenvalue weighted by atomic mass is 15.3. The molecule has 2 N–H and O–H groups in total. The molecule has 0 amide bonds. The fourth-order valence-electron chi connectivity index (χ4n) is 4.93. The number of hydrogen-bond acceptors (Lipinski definition) is 7. The van der Waals surface area contributed by atoms with Crippen molar-refractivity contribution < 1.29 is 0 Å². The number of nitrogens with one attached hydrogen (secondary N) is 2. The summed E-state index contributed by atoms with van der Waals surface area (Å²) in [6, 6.07) is 14.7. The van der Waals surface area contributed by atoms with Gasteiger partial charge < -0.3 is 20.1 Å². The number of piperazine rings is 1. The number of aromatic nitrogens is 5. The normalized spacial score (nSPS) is 15.9. The molecule has 1 aromatic carbocycles. The number of pyridine rings is 2. The standard InChI is InChI=1S/C29H28N8/c1-36-10-12-37(13-11-36)27-16-21(6-8-30-27)28(19-2-3-19)35-26-15-23-14-20(4-5-22(23)17-32-26)25-18-33-29-24(34-25)7-9-31-29/h4-9,14-18H,2-3,10-13H2,1H3,(H,31,33)(H,32,35). The van der Waals surface area contributed by atoms with Crippen LogP contribution in [0.2, 0.25) is 0 Å². The highest BCUT2D eigenvalue weighted by molar-refractivity contribution is 5.90. The molecule has 0 radical (unpaired) electrons. The van der Waals surface area contributed by atoms with E-state index in [1.165, 1.54) is 11.1 Å². The number of aromatic amines is 1. The van der Waals surface area contributed by atoms with Crippen LogP contribution < -0.4 is 10.2 Å². The maximum atomic E-state index is 4.76. The summed E-state index contributed by atoms with van der Waals surface area (Å²) in [6.07, 6.45) is 9.77. The van der Waals surface area contributed by atoms with E-state index in [2.05, 4.69) is 73.5 Å². The smallest absolute Gasteiger partial charge is 0.156 e. The lowest BCUT2D eigenvalue weighted by Gasteiger charge is -2.33. The van der Waals surface area contributed by atoms with E-state index < -0.39 is 0 Å². The predicted molar refractivity (Wildman–Crippen MR) is 148 cm³/mol. The fourth-order valence-corrected chi connectivity index (χ4v) is 4.93. The van der Waals surface area contributed by atoms with Crippen molar-refractivity contribution in [3.8, 4) is 11.3 Å². The zero-order valence-electron chi connectivity index (χ0n) is 20.8. The summed E-state index contributed by atoms with van der Waals surface area (Å²) in [4.78, 5) is 26.5. The summed E-state index contributed by atoms with van der Waals surface area (Å²) in [7, 11) is 2.17. The van der Waals surface area contributed by atoms with Crippen LogP contribution in [-0.2, 0) is 0 Å². The molecular formula is C29H28N8. The minimum absolute atomic E-state index is 0.799. The lowest BCUT2D eigenvalue weighted by Crippen LogP contribution is -2.44. The van der Waals surface area contributed by atoms with E-state index in [0.29, 0.717) is 0 Å². The summed E-state index contributed by atoms with van der Waals surface area (Å²) in [5.41, 5.74) is 7.31. The van der Waals surface area contributed by atoms with E-state index in [1.807, 2.05) is 30.9 Å². The van der Waals surface area contributed by atoms with Gasteiger partial charge in [0.1, 0.15) is 17.2 Å². The summed E-state index contributed by atoms with van der Waals surface area (Å²) in [5.74, 6) is 1.88. The van der Waals surface area contributed by atoms with Crippen LogP contribution in [0.4, 0.5) is 11.6 Å². The van der Waals surface area contributed by atoms with Crippen molar-refractivity contribution in [1.82, 2.24) is 29.8 Å². The molecule has 184 valence electrons. The average Bonchev–Trinajstić information content (AvgIpc) is 3.67. The second-order valence-electron chi connectivity index (χ2n) is 9.89. The first-order chi connectivity index (χ1) is 18.2. The molecular weight excluding hydrogens is 460 g/mol. The van der Waals surface area contributed by atoms with Crippen LogP contribution in [0.1, 0.15) is 18.4 Å². The van der Waals surface area contributed by atoms with E-state index in [1.54, 1.807) is 0 Å². The van der Waals surface area contributed by atoms with Gasteiger partial charge in [-0.3, -0.25) is 0 Å². The lowest BCUT2D eigenvalue weighted by atomic mass is 10.1. The monoisotopic (exact) mass is 488 g/mol. The minimum Gasteiger partial charge on any atom is -0.354 e. The largest absolute Gasteiger partial charge is 0.354 e. The Morgan fingerprint density at radius 3 is 2.65 bits per heavy atom. The quantitative estimate of drug-likeness (QED) is 0.363. The van der Waals surface area contributed by atoms with Gasteiger partial charge in [0, 0.05) is 67.0 Å². The van der Waals surface area contributed by atoms with Gasteiger partial charge in [-0.15, -0.1) is 0 Å². The molecule has 2 fully saturated rings. The van der Waals surface area contributed by atoms with Gasteiger partial charge in [0.25, 0.3) is 0 Å². The Balaban J connectivity index is 1.18. The number of nitrogens with zero attached hydrogens (tertiary/aromatic N) is 6. The Hall–Kier alpha value is -4.30. The third-order valence-electron chi connectivity index (χ3n) is 7.25. The van der Waals surface area contributed by atoms with Crippen molar-refractivity contribution >= 4 is 39.3 Å². The number of hydrogen-bond donors (Lipinski definition) is 2. The topological polar surface area (TPSA) is 85.9 Å². The van der Waals surface area contributed by atoms with Gasteiger partial charge in [0.2, 0.25) is 0 Å². The number of likely N-dealkylation sites (N-methyl/N-ethyl adjacent to an activating group) is 1. The Labute approximate surface area is 215 Å². The van der Waals surface area contributed by atoms with Gasteiger partial charge in [-0.05, 0) is 61.2 Å². The van der Waals surface area contributed by atoms with Crippen LogP contribution >= 0.6 is 0 Å². The van der Waals surface area contributed by atoms with Gasteiger partial charge in [-0.2, -0.15) is 0 Å². The molecule has 37 heavy (non-hydrogen) atoms. The number of rotatable bonds is 5. The SMILES string of the molecule is CN1CCN(c2cc(C(Nc3cc4cc(-c5cnc6[nH]ccc6n5)ccc4cn3)=C3CC3)ccn2)CC1. The highest BCUT2D eigenvalue weighted by Gasteiger charge is 2.22. The molecule has 5 heterocycles. The number of allylic oxidation sites excluding steroid dienone is 1. The zero-order valence-corrected chi connectivity index (χ0v) is 20.8. The van der Waals surface area contributed by atoms with E-state index >= 15 is 0 Å². The lowest BCUT2D eigenvalue weighted by molar-refractivity contribution is 0.312. The Kier molecular flexibility index (Phi) is 5.32. The van der Waals surface area contributed by atoms with E-state index in [4.69, 9.17) is 9.97 Å². The van der Waals surface area contributed by atoms with Crippen LogP contribution in [0.15, 0.2) is 72.8 Å². The van der Waals surface area contributed by atoms with Crippen molar-refractivity contribution in [2.45, 2.75) is 12.8 Å². The molecule has 5 aromatic rings. The van der Waals surface area contributed by atoms with Gasteiger partial charge in [0.15, 0.2) is 5.65 Å². The summed E-state index contributed by atoms with van der Waals surface area (Å²) in [5, 5.41) is 5.85. The molecule has 0 atom stereocenters. The number of fused-ring (bicyclic) bond motifs is 2. The molecule has 2 aliphatic rings. The third-order valence-corrected chi connectivity index (χ3v) is 7.25. The second-order valence-corrected chi connectivity index (χ2v) is 9.89. The zero-order chi connectivity index (χ0) is 24.8. The van der Waals surface area contributed by atoms with Crippen molar-refractivity contribution in [3.63, 3.8) is 0 Å². The number of anilines is 2. The van der Waals surface area contributed by atoms with Crippen LogP contribution in [0.25, 0.3) is 38.9 Å². The summed E-state index contributed by atoms with van der Waals surface area (Å²) in [6.45, 7) is 4.13. The van der Waals surface area contributed by atoms with Gasteiger partial charge in [-0.1, -0.05) is 12.1 Å². The molecule has 8 nitrogen and oxygen atoms in total. The molecule has 1 saturated heterocycles. The van der Waals surface area contributed by atoms with E-state index in [-0.39, 0.29) is 0 Å². The number of H-pyrrole nitrogens is 1. The molecule has 7 rings (SSSR count). The average molecular weight is 489 g/mol. The highest BCUT2D eigenvalue weighted by Crippen LogP contribution is 2.37. The van der Waals surface area contributed by atoms with Crippen molar-refractivity contribution in [3.05, 3.63) is 78.4 Å². The molecule has 0 unspecified atom stereocenters. The Morgan fingerprint density at radius 2 is 1.78 bits per heavy atom. The molecule has 0 bridgehead atoms.